The summed E-state index contributed by atoms with van der Waals surface area (Å²) in [6.07, 6.45) is 1.80. The van der Waals surface area contributed by atoms with E-state index in [-0.39, 0.29) is 20.0 Å². The monoisotopic (exact) mass is 388 g/mol. The Bertz CT molecular complexity index is 843. The molecular weight excluding hydrogens is 376 g/mol. The van der Waals surface area contributed by atoms with Crippen LogP contribution in [0, 0.1) is 0 Å². The van der Waals surface area contributed by atoms with Crippen LogP contribution in [0.25, 0.3) is 6.08 Å². The van der Waals surface area contributed by atoms with Crippen LogP contribution in [0.5, 0.6) is 17.2 Å². The van der Waals surface area contributed by atoms with E-state index in [1.807, 2.05) is 30.3 Å². The molecule has 24 heavy (non-hydrogen) atoms. The average Bonchev–Trinajstić information content (AvgIpc) is 3.06. The molecule has 4 rings (SSSR count). The molecule has 2 aromatic rings. The second-order valence-electron chi connectivity index (χ2n) is 5.37. The van der Waals surface area contributed by atoms with Gasteiger partial charge in [-0.2, -0.15) is 0 Å². The lowest BCUT2D eigenvalue weighted by Crippen LogP contribution is -2.17. The molecule has 0 N–H and O–H groups in total. The van der Waals surface area contributed by atoms with E-state index in [4.69, 9.17) is 18.9 Å². The highest BCUT2D eigenvalue weighted by Crippen LogP contribution is 2.37. The van der Waals surface area contributed by atoms with Gasteiger partial charge in [-0.05, 0) is 24.3 Å². The lowest BCUT2D eigenvalue weighted by atomic mass is 10.1. The minimum Gasteiger partial charge on any atom is -0.488 e. The number of esters is 1. The van der Waals surface area contributed by atoms with Gasteiger partial charge in [0.25, 0.3) is 0 Å². The fourth-order valence-corrected chi connectivity index (χ4v) is 2.98. The summed E-state index contributed by atoms with van der Waals surface area (Å²) in [5, 5.41) is 0. The second-order valence-corrected chi connectivity index (χ2v) is 6.22. The minimum atomic E-state index is -0.394. The lowest BCUT2D eigenvalue weighted by Gasteiger charge is -2.17. The largest absolute Gasteiger partial charge is 0.488 e. The molecule has 0 spiro atoms. The van der Waals surface area contributed by atoms with E-state index in [2.05, 4.69) is 15.9 Å². The predicted molar refractivity (Wildman–Crippen MR) is 90.0 cm³/mol. The van der Waals surface area contributed by atoms with E-state index in [0.717, 1.165) is 21.3 Å². The third-order valence-electron chi connectivity index (χ3n) is 3.79. The number of ether oxygens (including phenoxy) is 4. The van der Waals surface area contributed by atoms with E-state index in [0.29, 0.717) is 17.1 Å². The van der Waals surface area contributed by atoms with Crippen LogP contribution in [0.4, 0.5) is 0 Å². The Hall–Kier alpha value is -2.47. The van der Waals surface area contributed by atoms with Crippen LogP contribution in [0.3, 0.4) is 0 Å². The van der Waals surface area contributed by atoms with Gasteiger partial charge in [-0.3, -0.25) is 0 Å². The Kier molecular flexibility index (Phi) is 3.90. The summed E-state index contributed by atoms with van der Waals surface area (Å²) >= 11 is 3.45. The van der Waals surface area contributed by atoms with Gasteiger partial charge in [0, 0.05) is 15.6 Å². The molecule has 2 heterocycles. The van der Waals surface area contributed by atoms with Gasteiger partial charge < -0.3 is 18.9 Å². The van der Waals surface area contributed by atoms with Crippen LogP contribution < -0.4 is 14.2 Å². The number of hydrogen-bond donors (Lipinski definition) is 0. The van der Waals surface area contributed by atoms with Crippen LogP contribution in [-0.2, 0) is 16.1 Å². The van der Waals surface area contributed by atoms with Gasteiger partial charge >= 0.3 is 5.97 Å². The van der Waals surface area contributed by atoms with Crippen molar-refractivity contribution in [1.82, 2.24) is 0 Å². The van der Waals surface area contributed by atoms with Gasteiger partial charge in [-0.15, -0.1) is 0 Å². The molecule has 2 aromatic carbocycles. The Morgan fingerprint density at radius 1 is 1.08 bits per heavy atom. The normalized spacial score (nSPS) is 14.5. The summed E-state index contributed by atoms with van der Waals surface area (Å²) in [6.45, 7) is 0.543. The molecule has 0 saturated carbocycles. The highest BCUT2D eigenvalue weighted by Gasteiger charge is 2.20. The van der Waals surface area contributed by atoms with Crippen LogP contribution in [0.1, 0.15) is 11.1 Å². The van der Waals surface area contributed by atoms with E-state index in [9.17, 15) is 4.79 Å². The number of rotatable bonds is 3. The molecule has 0 saturated heterocycles. The molecule has 0 unspecified atom stereocenters. The molecule has 0 amide bonds. The first-order valence-electron chi connectivity index (χ1n) is 7.38. The zero-order valence-electron chi connectivity index (χ0n) is 12.6. The molecule has 2 aliphatic rings. The molecule has 0 aliphatic carbocycles. The number of halogens is 1. The maximum Gasteiger partial charge on any atom is 0.337 e. The fourth-order valence-electron chi connectivity index (χ4n) is 2.54. The Balaban J connectivity index is 1.47. The number of hydrogen-bond acceptors (Lipinski definition) is 5. The van der Waals surface area contributed by atoms with Crippen molar-refractivity contribution in [3.05, 3.63) is 57.6 Å². The molecule has 0 aromatic heterocycles. The van der Waals surface area contributed by atoms with E-state index in [1.54, 1.807) is 12.1 Å². The van der Waals surface area contributed by atoms with Crippen LogP contribution >= 0.6 is 15.9 Å². The maximum absolute atomic E-state index is 12.3. The van der Waals surface area contributed by atoms with Crippen LogP contribution in [0.15, 0.2) is 46.4 Å². The molecule has 122 valence electrons. The number of carbonyl (C=O) groups is 1. The Labute approximate surface area is 146 Å². The molecule has 5 nitrogen and oxygen atoms in total. The quantitative estimate of drug-likeness (QED) is 0.750. The summed E-state index contributed by atoms with van der Waals surface area (Å²) in [4.78, 5) is 12.3. The van der Waals surface area contributed by atoms with Crippen molar-refractivity contribution < 1.29 is 23.7 Å². The van der Waals surface area contributed by atoms with Crippen molar-refractivity contribution >= 4 is 28.0 Å². The van der Waals surface area contributed by atoms with Crippen molar-refractivity contribution in [2.24, 2.45) is 0 Å². The minimum absolute atomic E-state index is 0.134. The molecular formula is C18H13BrO5. The van der Waals surface area contributed by atoms with Gasteiger partial charge in [-0.25, -0.2) is 4.79 Å². The summed E-state index contributed by atoms with van der Waals surface area (Å²) in [5.74, 6) is 1.71. The van der Waals surface area contributed by atoms with Crippen molar-refractivity contribution in [1.29, 1.82) is 0 Å². The molecule has 0 fully saturated rings. The average molecular weight is 389 g/mol. The number of para-hydroxylation sites is 1. The first kappa shape index (κ1) is 15.1. The topological polar surface area (TPSA) is 54.0 Å². The van der Waals surface area contributed by atoms with E-state index in [1.165, 1.54) is 0 Å². The first-order chi connectivity index (χ1) is 11.7. The van der Waals surface area contributed by atoms with Crippen LogP contribution in [0.2, 0.25) is 0 Å². The van der Waals surface area contributed by atoms with Crippen molar-refractivity contribution in [3.8, 4) is 17.2 Å². The molecule has 0 radical (unpaired) electrons. The van der Waals surface area contributed by atoms with Gasteiger partial charge in [0.2, 0.25) is 6.79 Å². The third kappa shape index (κ3) is 2.85. The summed E-state index contributed by atoms with van der Waals surface area (Å²) in [6, 6.07) is 11.2. The highest BCUT2D eigenvalue weighted by molar-refractivity contribution is 9.10. The Morgan fingerprint density at radius 2 is 1.88 bits per heavy atom. The third-order valence-corrected chi connectivity index (χ3v) is 4.53. The van der Waals surface area contributed by atoms with Crippen LogP contribution in [-0.4, -0.2) is 19.4 Å². The molecule has 0 atom stereocenters. The zero-order valence-corrected chi connectivity index (χ0v) is 14.2. The molecule has 6 heteroatoms. The fraction of sp³-hybridized carbons (Fsp3) is 0.167. The lowest BCUT2D eigenvalue weighted by molar-refractivity contribution is -0.140. The van der Waals surface area contributed by atoms with E-state index >= 15 is 0 Å². The van der Waals surface area contributed by atoms with Crippen molar-refractivity contribution in [2.45, 2.75) is 6.61 Å². The summed E-state index contributed by atoms with van der Waals surface area (Å²) in [7, 11) is 0. The van der Waals surface area contributed by atoms with Crippen molar-refractivity contribution in [3.63, 3.8) is 0 Å². The zero-order chi connectivity index (χ0) is 16.5. The van der Waals surface area contributed by atoms with E-state index < -0.39 is 5.97 Å². The van der Waals surface area contributed by atoms with Gasteiger partial charge in [0.05, 0.1) is 5.57 Å². The maximum atomic E-state index is 12.3. The van der Waals surface area contributed by atoms with Gasteiger partial charge in [-0.1, -0.05) is 34.1 Å². The second kappa shape index (κ2) is 6.20. The SMILES string of the molecule is O=C(OCc1cc2c(cc1Br)OCO2)C1=Cc2ccccc2OC1. The number of fused-ring (bicyclic) bond motifs is 2. The van der Waals surface area contributed by atoms with Gasteiger partial charge in [0.1, 0.15) is 19.0 Å². The smallest absolute Gasteiger partial charge is 0.337 e. The molecule has 2 aliphatic heterocycles. The highest BCUT2D eigenvalue weighted by atomic mass is 79.9. The summed E-state index contributed by atoms with van der Waals surface area (Å²) in [5.41, 5.74) is 2.18. The Morgan fingerprint density at radius 3 is 2.75 bits per heavy atom. The molecule has 0 bridgehead atoms. The van der Waals surface area contributed by atoms with Gasteiger partial charge in [0.15, 0.2) is 11.5 Å². The first-order valence-corrected chi connectivity index (χ1v) is 8.17. The van der Waals surface area contributed by atoms with Crippen molar-refractivity contribution in [2.75, 3.05) is 13.4 Å². The standard InChI is InChI=1S/C18H13BrO5/c19-14-7-17-16(23-10-24-17)6-12(14)8-22-18(20)13-5-11-3-1-2-4-15(11)21-9-13/h1-7H,8-10H2. The number of carbonyl (C=O) groups excluding carboxylic acids is 1. The number of benzene rings is 2. The predicted octanol–water partition coefficient (Wildman–Crippen LogP) is 3.70. The summed E-state index contributed by atoms with van der Waals surface area (Å²) < 4.78 is 22.4.